The first-order valence-corrected chi connectivity index (χ1v) is 7.29. The third-order valence-corrected chi connectivity index (χ3v) is 3.02. The van der Waals surface area contributed by atoms with Crippen LogP contribution in [0.3, 0.4) is 0 Å². The van der Waals surface area contributed by atoms with E-state index in [1.807, 2.05) is 31.2 Å². The van der Waals surface area contributed by atoms with Gasteiger partial charge in [0.2, 0.25) is 5.91 Å². The van der Waals surface area contributed by atoms with E-state index in [1.54, 1.807) is 24.3 Å². The van der Waals surface area contributed by atoms with Gasteiger partial charge in [0.15, 0.2) is 0 Å². The second kappa shape index (κ2) is 7.98. The molecule has 1 amide bonds. The van der Waals surface area contributed by atoms with Gasteiger partial charge < -0.3 is 14.8 Å². The van der Waals surface area contributed by atoms with E-state index in [4.69, 9.17) is 9.47 Å². The van der Waals surface area contributed by atoms with Gasteiger partial charge in [-0.3, -0.25) is 4.79 Å². The lowest BCUT2D eigenvalue weighted by molar-refractivity contribution is -0.114. The van der Waals surface area contributed by atoms with E-state index in [1.165, 1.54) is 6.92 Å². The van der Waals surface area contributed by atoms with Crippen molar-refractivity contribution in [1.29, 1.82) is 0 Å². The van der Waals surface area contributed by atoms with Gasteiger partial charge in [-0.2, -0.15) is 0 Å². The molecule has 2 aromatic rings. The van der Waals surface area contributed by atoms with Gasteiger partial charge in [-0.25, -0.2) is 4.79 Å². The molecule has 1 N–H and O–H groups in total. The number of hydrogen-bond acceptors (Lipinski definition) is 4. The van der Waals surface area contributed by atoms with E-state index >= 15 is 0 Å². The summed E-state index contributed by atoms with van der Waals surface area (Å²) in [6.07, 6.45) is 0. The van der Waals surface area contributed by atoms with E-state index < -0.39 is 5.97 Å². The number of nitrogens with one attached hydrogen (secondary N) is 1. The maximum Gasteiger partial charge on any atom is 0.338 e. The molecule has 0 atom stereocenters. The van der Waals surface area contributed by atoms with E-state index in [-0.39, 0.29) is 12.5 Å². The number of aryl methyl sites for hydroxylation is 1. The quantitative estimate of drug-likeness (QED) is 0.657. The van der Waals surface area contributed by atoms with Crippen molar-refractivity contribution in [3.05, 3.63) is 59.7 Å². The molecule has 0 spiro atoms. The zero-order valence-electron chi connectivity index (χ0n) is 13.2. The summed E-state index contributed by atoms with van der Waals surface area (Å²) in [5.41, 5.74) is 2.17. The van der Waals surface area contributed by atoms with Crippen LogP contribution in [-0.4, -0.2) is 25.1 Å². The Kier molecular flexibility index (Phi) is 5.74. The normalized spacial score (nSPS) is 10.0. The van der Waals surface area contributed by atoms with Crippen LogP contribution < -0.4 is 10.1 Å². The van der Waals surface area contributed by atoms with Crippen LogP contribution in [0, 0.1) is 6.92 Å². The van der Waals surface area contributed by atoms with E-state index in [0.717, 1.165) is 11.3 Å². The molecule has 2 rings (SSSR count). The fraction of sp³-hybridized carbons (Fsp3) is 0.222. The maximum atomic E-state index is 11.9. The summed E-state index contributed by atoms with van der Waals surface area (Å²) in [7, 11) is 0. The third-order valence-electron chi connectivity index (χ3n) is 3.02. The minimum Gasteiger partial charge on any atom is -0.490 e. The monoisotopic (exact) mass is 313 g/mol. The number of benzene rings is 2. The molecule has 0 heterocycles. The Morgan fingerprint density at radius 2 is 1.78 bits per heavy atom. The molecule has 0 fully saturated rings. The zero-order valence-corrected chi connectivity index (χ0v) is 13.2. The molecule has 5 nitrogen and oxygen atoms in total. The Balaban J connectivity index is 1.77. The number of hydrogen-bond donors (Lipinski definition) is 1. The van der Waals surface area contributed by atoms with Crippen molar-refractivity contribution in [3.8, 4) is 5.75 Å². The predicted octanol–water partition coefficient (Wildman–Crippen LogP) is 3.19. The minimum absolute atomic E-state index is 0.159. The summed E-state index contributed by atoms with van der Waals surface area (Å²) in [5, 5.41) is 2.63. The van der Waals surface area contributed by atoms with Crippen LogP contribution in [0.25, 0.3) is 0 Å². The van der Waals surface area contributed by atoms with Crippen molar-refractivity contribution in [2.75, 3.05) is 18.5 Å². The van der Waals surface area contributed by atoms with Crippen molar-refractivity contribution in [3.63, 3.8) is 0 Å². The Morgan fingerprint density at radius 3 is 2.43 bits per heavy atom. The van der Waals surface area contributed by atoms with Gasteiger partial charge >= 0.3 is 5.97 Å². The lowest BCUT2D eigenvalue weighted by Gasteiger charge is -2.08. The van der Waals surface area contributed by atoms with Gasteiger partial charge in [0.25, 0.3) is 0 Å². The van der Waals surface area contributed by atoms with Crippen LogP contribution in [-0.2, 0) is 9.53 Å². The number of ether oxygens (including phenoxy) is 2. The number of amides is 1. The molecule has 0 radical (unpaired) electrons. The summed E-state index contributed by atoms with van der Waals surface area (Å²) < 4.78 is 10.7. The van der Waals surface area contributed by atoms with Gasteiger partial charge in [-0.05, 0) is 48.9 Å². The second-order valence-electron chi connectivity index (χ2n) is 5.06. The van der Waals surface area contributed by atoms with Gasteiger partial charge in [0.05, 0.1) is 5.56 Å². The summed E-state index contributed by atoms with van der Waals surface area (Å²) in [4.78, 5) is 22.8. The van der Waals surface area contributed by atoms with Gasteiger partial charge in [-0.1, -0.05) is 12.1 Å². The summed E-state index contributed by atoms with van der Waals surface area (Å²) in [6.45, 7) is 3.87. The van der Waals surface area contributed by atoms with E-state index in [2.05, 4.69) is 5.32 Å². The van der Waals surface area contributed by atoms with Crippen LogP contribution in [0.15, 0.2) is 48.5 Å². The van der Waals surface area contributed by atoms with Crippen molar-refractivity contribution >= 4 is 17.6 Å². The Bertz CT molecular complexity index is 680. The first-order chi connectivity index (χ1) is 11.0. The summed E-state index contributed by atoms with van der Waals surface area (Å²) >= 11 is 0. The molecule has 5 heteroatoms. The molecule has 0 saturated heterocycles. The lowest BCUT2D eigenvalue weighted by Crippen LogP contribution is -2.12. The van der Waals surface area contributed by atoms with Crippen LogP contribution >= 0.6 is 0 Å². The van der Waals surface area contributed by atoms with Crippen molar-refractivity contribution < 1.29 is 19.1 Å². The van der Waals surface area contributed by atoms with Gasteiger partial charge in [0.1, 0.15) is 19.0 Å². The number of rotatable bonds is 6. The Labute approximate surface area is 135 Å². The van der Waals surface area contributed by atoms with Gasteiger partial charge in [-0.15, -0.1) is 0 Å². The highest BCUT2D eigenvalue weighted by Gasteiger charge is 2.07. The Morgan fingerprint density at radius 1 is 1.04 bits per heavy atom. The van der Waals surface area contributed by atoms with Crippen LogP contribution in [0.5, 0.6) is 5.75 Å². The topological polar surface area (TPSA) is 64.6 Å². The first kappa shape index (κ1) is 16.5. The van der Waals surface area contributed by atoms with E-state index in [0.29, 0.717) is 17.9 Å². The lowest BCUT2D eigenvalue weighted by atomic mass is 10.2. The van der Waals surface area contributed by atoms with Gasteiger partial charge in [0, 0.05) is 12.6 Å². The molecular weight excluding hydrogens is 294 g/mol. The Hall–Kier alpha value is -2.82. The first-order valence-electron chi connectivity index (χ1n) is 7.29. The molecule has 0 bridgehead atoms. The fourth-order valence-electron chi connectivity index (χ4n) is 1.98. The molecule has 0 saturated carbocycles. The molecule has 23 heavy (non-hydrogen) atoms. The highest BCUT2D eigenvalue weighted by Crippen LogP contribution is 2.13. The standard InChI is InChI=1S/C18H19NO4/c1-13-4-3-5-17(12-13)22-10-11-23-18(21)15-6-8-16(9-7-15)19-14(2)20/h3-9,12H,10-11H2,1-2H3,(H,19,20). The highest BCUT2D eigenvalue weighted by molar-refractivity contribution is 5.92. The number of anilines is 1. The molecule has 120 valence electrons. The molecule has 0 aliphatic heterocycles. The van der Waals surface area contributed by atoms with Crippen LogP contribution in [0.4, 0.5) is 5.69 Å². The molecule has 0 aliphatic carbocycles. The van der Waals surface area contributed by atoms with Crippen molar-refractivity contribution in [2.45, 2.75) is 13.8 Å². The molecule has 2 aromatic carbocycles. The third kappa shape index (κ3) is 5.47. The van der Waals surface area contributed by atoms with Crippen molar-refractivity contribution in [2.24, 2.45) is 0 Å². The number of carbonyl (C=O) groups excluding carboxylic acids is 2. The summed E-state index contributed by atoms with van der Waals surface area (Å²) in [5.74, 6) is 0.168. The second-order valence-corrected chi connectivity index (χ2v) is 5.06. The smallest absolute Gasteiger partial charge is 0.338 e. The average molecular weight is 313 g/mol. The van der Waals surface area contributed by atoms with E-state index in [9.17, 15) is 9.59 Å². The molecule has 0 unspecified atom stereocenters. The molecular formula is C18H19NO4. The zero-order chi connectivity index (χ0) is 16.7. The number of carbonyl (C=O) groups is 2. The average Bonchev–Trinajstić information content (AvgIpc) is 2.51. The van der Waals surface area contributed by atoms with Crippen LogP contribution in [0.1, 0.15) is 22.8 Å². The SMILES string of the molecule is CC(=O)Nc1ccc(C(=O)OCCOc2cccc(C)c2)cc1. The maximum absolute atomic E-state index is 11.9. The molecule has 0 aliphatic rings. The number of esters is 1. The van der Waals surface area contributed by atoms with Crippen LogP contribution in [0.2, 0.25) is 0 Å². The minimum atomic E-state index is -0.424. The van der Waals surface area contributed by atoms with Crippen molar-refractivity contribution in [1.82, 2.24) is 0 Å². The predicted molar refractivity (Wildman–Crippen MR) is 87.7 cm³/mol. The highest BCUT2D eigenvalue weighted by atomic mass is 16.6. The molecule has 0 aromatic heterocycles. The summed E-state index contributed by atoms with van der Waals surface area (Å²) in [6, 6.07) is 14.2. The fourth-order valence-corrected chi connectivity index (χ4v) is 1.98. The largest absolute Gasteiger partial charge is 0.490 e.